The number of carbonyl (C=O) groups is 1. The van der Waals surface area contributed by atoms with Gasteiger partial charge in [-0.2, -0.15) is 13.2 Å². The van der Waals surface area contributed by atoms with Crippen molar-refractivity contribution < 1.29 is 27.4 Å². The van der Waals surface area contributed by atoms with Crippen LogP contribution >= 0.6 is 0 Å². The number of nitrogens with zero attached hydrogens (tertiary/aromatic N) is 1. The fraction of sp³-hybridized carbons (Fsp3) is 0.263. The van der Waals surface area contributed by atoms with Gasteiger partial charge in [0, 0.05) is 24.9 Å². The maximum atomic E-state index is 12.2. The molecule has 0 unspecified atom stereocenters. The first kappa shape index (κ1) is 20.3. The number of halogens is 3. The molecule has 2 rings (SSSR count). The standard InChI is InChI=1S/C19H19F3N2O3/c1-2-26-16-6-3-14(4-7-16)5-8-17(25)24-12-15-9-10-23-18(11-15)27-13-19(20,21)22/h3-11H,2,12-13H2,1H3,(H,24,25)/b8-5+. The molecule has 144 valence electrons. The predicted octanol–water partition coefficient (Wildman–Crippen LogP) is 3.75. The van der Waals surface area contributed by atoms with Gasteiger partial charge in [0.05, 0.1) is 6.61 Å². The number of rotatable bonds is 8. The lowest BCUT2D eigenvalue weighted by Gasteiger charge is -2.09. The van der Waals surface area contributed by atoms with E-state index in [9.17, 15) is 18.0 Å². The summed E-state index contributed by atoms with van der Waals surface area (Å²) in [6.07, 6.45) is -0.0893. The normalized spacial score (nSPS) is 11.4. The van der Waals surface area contributed by atoms with Crippen LogP contribution in [0.2, 0.25) is 0 Å². The molecule has 27 heavy (non-hydrogen) atoms. The largest absolute Gasteiger partial charge is 0.494 e. The molecule has 0 saturated carbocycles. The van der Waals surface area contributed by atoms with Gasteiger partial charge in [-0.3, -0.25) is 4.79 Å². The molecule has 2 aromatic rings. The first-order valence-corrected chi connectivity index (χ1v) is 8.19. The molecule has 1 N–H and O–H groups in total. The van der Waals surface area contributed by atoms with Crippen LogP contribution in [0.25, 0.3) is 6.08 Å². The van der Waals surface area contributed by atoms with Crippen LogP contribution in [-0.4, -0.2) is 30.3 Å². The molecule has 1 aromatic heterocycles. The lowest BCUT2D eigenvalue weighted by atomic mass is 10.2. The molecule has 8 heteroatoms. The van der Waals surface area contributed by atoms with Gasteiger partial charge in [-0.1, -0.05) is 12.1 Å². The smallest absolute Gasteiger partial charge is 0.422 e. The molecule has 1 amide bonds. The van der Waals surface area contributed by atoms with Gasteiger partial charge in [-0.25, -0.2) is 4.98 Å². The number of nitrogens with one attached hydrogen (secondary N) is 1. The summed E-state index contributed by atoms with van der Waals surface area (Å²) in [4.78, 5) is 15.6. The van der Waals surface area contributed by atoms with Gasteiger partial charge in [0.15, 0.2) is 6.61 Å². The molecule has 5 nitrogen and oxygen atoms in total. The molecule has 1 heterocycles. The van der Waals surface area contributed by atoms with Gasteiger partial charge in [-0.05, 0) is 42.3 Å². The van der Waals surface area contributed by atoms with Crippen LogP contribution in [0, 0.1) is 0 Å². The van der Waals surface area contributed by atoms with E-state index < -0.39 is 12.8 Å². The van der Waals surface area contributed by atoms with Crippen LogP contribution in [0.1, 0.15) is 18.1 Å². The average Bonchev–Trinajstić information content (AvgIpc) is 2.64. The number of hydrogen-bond donors (Lipinski definition) is 1. The third-order valence-corrected chi connectivity index (χ3v) is 3.27. The number of ether oxygens (including phenoxy) is 2. The Bertz CT molecular complexity index is 775. The van der Waals surface area contributed by atoms with Crippen LogP contribution in [0.15, 0.2) is 48.7 Å². The second-order valence-corrected chi connectivity index (χ2v) is 5.46. The number of carbonyl (C=O) groups excluding carboxylic acids is 1. The molecule has 0 aliphatic rings. The molecule has 0 saturated heterocycles. The van der Waals surface area contributed by atoms with Crippen LogP contribution in [-0.2, 0) is 11.3 Å². The Hall–Kier alpha value is -3.03. The van der Waals surface area contributed by atoms with E-state index in [0.29, 0.717) is 12.2 Å². The Kier molecular flexibility index (Phi) is 7.22. The van der Waals surface area contributed by atoms with Gasteiger partial charge >= 0.3 is 6.18 Å². The van der Waals surface area contributed by atoms with Crippen LogP contribution in [0.3, 0.4) is 0 Å². The SMILES string of the molecule is CCOc1ccc(/C=C/C(=O)NCc2ccnc(OCC(F)(F)F)c2)cc1. The van der Waals surface area contributed by atoms with Gasteiger partial charge in [0.25, 0.3) is 0 Å². The minimum atomic E-state index is -4.43. The van der Waals surface area contributed by atoms with Crippen molar-refractivity contribution in [3.05, 3.63) is 59.8 Å². The Morgan fingerprint density at radius 1 is 1.19 bits per heavy atom. The molecular weight excluding hydrogens is 361 g/mol. The molecule has 0 radical (unpaired) electrons. The van der Waals surface area contributed by atoms with E-state index in [0.717, 1.165) is 11.3 Å². The highest BCUT2D eigenvalue weighted by Crippen LogP contribution is 2.17. The van der Waals surface area contributed by atoms with Crippen LogP contribution < -0.4 is 14.8 Å². The molecule has 0 fully saturated rings. The van der Waals surface area contributed by atoms with Crippen molar-refractivity contribution in [2.24, 2.45) is 0 Å². The number of amides is 1. The van der Waals surface area contributed by atoms with Crippen LogP contribution in [0.4, 0.5) is 13.2 Å². The zero-order valence-corrected chi connectivity index (χ0v) is 14.6. The molecular formula is C19H19F3N2O3. The number of hydrogen-bond acceptors (Lipinski definition) is 4. The zero-order valence-electron chi connectivity index (χ0n) is 14.6. The summed E-state index contributed by atoms with van der Waals surface area (Å²) in [5.41, 5.74) is 1.41. The number of alkyl halides is 3. The number of pyridine rings is 1. The van der Waals surface area contributed by atoms with Crippen LogP contribution in [0.5, 0.6) is 11.6 Å². The molecule has 0 spiro atoms. The highest BCUT2D eigenvalue weighted by Gasteiger charge is 2.28. The summed E-state index contributed by atoms with van der Waals surface area (Å²) in [6.45, 7) is 1.19. The second-order valence-electron chi connectivity index (χ2n) is 5.46. The number of aromatic nitrogens is 1. The van der Waals surface area contributed by atoms with Crippen molar-refractivity contribution in [1.29, 1.82) is 0 Å². The third-order valence-electron chi connectivity index (χ3n) is 3.27. The average molecular weight is 380 g/mol. The molecule has 0 atom stereocenters. The lowest BCUT2D eigenvalue weighted by Crippen LogP contribution is -2.21. The zero-order chi connectivity index (χ0) is 19.7. The maximum Gasteiger partial charge on any atom is 0.422 e. The second kappa shape index (κ2) is 9.61. The van der Waals surface area contributed by atoms with Gasteiger partial charge < -0.3 is 14.8 Å². The fourth-order valence-electron chi connectivity index (χ4n) is 2.06. The highest BCUT2D eigenvalue weighted by atomic mass is 19.4. The van der Waals surface area contributed by atoms with E-state index in [1.165, 1.54) is 18.3 Å². The maximum absolute atomic E-state index is 12.2. The van der Waals surface area contributed by atoms with Crippen molar-refractivity contribution in [1.82, 2.24) is 10.3 Å². The Morgan fingerprint density at radius 3 is 2.59 bits per heavy atom. The predicted molar refractivity (Wildman–Crippen MR) is 94.3 cm³/mol. The summed E-state index contributed by atoms with van der Waals surface area (Å²) in [6, 6.07) is 10.2. The van der Waals surface area contributed by atoms with Crippen molar-refractivity contribution in [3.8, 4) is 11.6 Å². The third kappa shape index (κ3) is 7.81. The van der Waals surface area contributed by atoms with E-state index in [1.54, 1.807) is 24.3 Å². The van der Waals surface area contributed by atoms with Gasteiger partial charge in [0.2, 0.25) is 11.8 Å². The summed E-state index contributed by atoms with van der Waals surface area (Å²) < 4.78 is 46.4. The first-order valence-electron chi connectivity index (χ1n) is 8.19. The van der Waals surface area contributed by atoms with Crippen molar-refractivity contribution in [2.75, 3.05) is 13.2 Å². The first-order chi connectivity index (χ1) is 12.9. The highest BCUT2D eigenvalue weighted by molar-refractivity contribution is 5.91. The van der Waals surface area contributed by atoms with Gasteiger partial charge in [0.1, 0.15) is 5.75 Å². The number of benzene rings is 1. The Morgan fingerprint density at radius 2 is 1.93 bits per heavy atom. The monoisotopic (exact) mass is 380 g/mol. The van der Waals surface area contributed by atoms with Gasteiger partial charge in [-0.15, -0.1) is 0 Å². The quantitative estimate of drug-likeness (QED) is 0.709. The molecule has 1 aromatic carbocycles. The van der Waals surface area contributed by atoms with Crippen molar-refractivity contribution >= 4 is 12.0 Å². The summed E-state index contributed by atoms with van der Waals surface area (Å²) in [7, 11) is 0. The van der Waals surface area contributed by atoms with E-state index in [1.807, 2.05) is 19.1 Å². The van der Waals surface area contributed by atoms with E-state index >= 15 is 0 Å². The summed E-state index contributed by atoms with van der Waals surface area (Å²) in [5, 5.41) is 2.64. The minimum Gasteiger partial charge on any atom is -0.494 e. The summed E-state index contributed by atoms with van der Waals surface area (Å²) in [5.74, 6) is 0.266. The van der Waals surface area contributed by atoms with E-state index in [4.69, 9.17) is 4.74 Å². The van der Waals surface area contributed by atoms with E-state index in [2.05, 4.69) is 15.0 Å². The fourth-order valence-corrected chi connectivity index (χ4v) is 2.06. The molecule has 0 aliphatic heterocycles. The topological polar surface area (TPSA) is 60.5 Å². The minimum absolute atomic E-state index is 0.136. The molecule has 0 aliphatic carbocycles. The van der Waals surface area contributed by atoms with E-state index in [-0.39, 0.29) is 18.3 Å². The summed E-state index contributed by atoms with van der Waals surface area (Å²) >= 11 is 0. The van der Waals surface area contributed by atoms with Crippen molar-refractivity contribution in [3.63, 3.8) is 0 Å². The molecule has 0 bridgehead atoms. The Labute approximate surface area is 154 Å². The lowest BCUT2D eigenvalue weighted by molar-refractivity contribution is -0.154. The van der Waals surface area contributed by atoms with Crippen molar-refractivity contribution in [2.45, 2.75) is 19.6 Å². The Balaban J connectivity index is 1.84.